The zero-order valence-corrected chi connectivity index (χ0v) is 12.1. The molecule has 2 bridgehead atoms. The predicted molar refractivity (Wildman–Crippen MR) is 73.2 cm³/mol. The molecular formula is C15H22O5. The number of fused-ring (bicyclic) bond motifs is 2. The van der Waals surface area contributed by atoms with Gasteiger partial charge in [-0.1, -0.05) is 13.0 Å². The molecule has 112 valence electrons. The predicted octanol–water partition coefficient (Wildman–Crippen LogP) is 1.25. The molecule has 0 amide bonds. The van der Waals surface area contributed by atoms with Gasteiger partial charge >= 0.3 is 5.97 Å². The van der Waals surface area contributed by atoms with Gasteiger partial charge in [0.25, 0.3) is 0 Å². The molecule has 0 aromatic carbocycles. The van der Waals surface area contributed by atoms with E-state index < -0.39 is 28.7 Å². The van der Waals surface area contributed by atoms with Crippen molar-refractivity contribution in [2.45, 2.75) is 50.9 Å². The number of allylic oxidation sites excluding steroid dienone is 2. The zero-order chi connectivity index (χ0) is 15.2. The number of aliphatic hydroxyl groups is 2. The summed E-state index contributed by atoms with van der Waals surface area (Å²) in [5.74, 6) is -1.02. The molecule has 4 atom stereocenters. The number of rotatable bonds is 3. The van der Waals surface area contributed by atoms with Gasteiger partial charge in [-0.3, -0.25) is 0 Å². The fourth-order valence-electron chi connectivity index (χ4n) is 3.52. The molecule has 1 heterocycles. The lowest BCUT2D eigenvalue weighted by Gasteiger charge is -2.49. The van der Waals surface area contributed by atoms with E-state index in [0.717, 1.165) is 6.08 Å². The molecule has 1 saturated heterocycles. The second kappa shape index (κ2) is 4.69. The second-order valence-electron chi connectivity index (χ2n) is 6.47. The topological polar surface area (TPSA) is 87.0 Å². The van der Waals surface area contributed by atoms with Crippen LogP contribution in [-0.2, 0) is 9.53 Å². The van der Waals surface area contributed by atoms with Gasteiger partial charge < -0.3 is 20.1 Å². The third-order valence-electron chi connectivity index (χ3n) is 4.69. The van der Waals surface area contributed by atoms with Gasteiger partial charge in [0.05, 0.1) is 12.7 Å². The van der Waals surface area contributed by atoms with Gasteiger partial charge in [0.1, 0.15) is 11.2 Å². The number of hydrogen-bond acceptors (Lipinski definition) is 4. The van der Waals surface area contributed by atoms with Crippen molar-refractivity contribution >= 4 is 5.97 Å². The lowest BCUT2D eigenvalue weighted by atomic mass is 9.59. The highest BCUT2D eigenvalue weighted by Gasteiger charge is 2.67. The number of carboxylic acids is 1. The Morgan fingerprint density at radius 1 is 1.35 bits per heavy atom. The van der Waals surface area contributed by atoms with E-state index in [1.165, 1.54) is 0 Å². The fourth-order valence-corrected chi connectivity index (χ4v) is 3.52. The highest BCUT2D eigenvalue weighted by atomic mass is 16.5. The molecule has 0 aromatic heterocycles. The van der Waals surface area contributed by atoms with E-state index in [0.29, 0.717) is 25.0 Å². The first-order valence-corrected chi connectivity index (χ1v) is 6.77. The van der Waals surface area contributed by atoms with Crippen molar-refractivity contribution in [1.29, 1.82) is 0 Å². The molecule has 0 unspecified atom stereocenters. The molecule has 5 heteroatoms. The zero-order valence-electron chi connectivity index (χ0n) is 12.1. The number of carboxylic acid groups (broad SMARTS) is 1. The van der Waals surface area contributed by atoms with Crippen molar-refractivity contribution in [1.82, 2.24) is 0 Å². The maximum atomic E-state index is 11.1. The Bertz CT molecular complexity index is 461. The summed E-state index contributed by atoms with van der Waals surface area (Å²) in [6.45, 7) is 5.73. The van der Waals surface area contributed by atoms with Gasteiger partial charge in [0.15, 0.2) is 0 Å². The quantitative estimate of drug-likeness (QED) is 0.536. The summed E-state index contributed by atoms with van der Waals surface area (Å²) in [5, 5.41) is 29.7. The lowest BCUT2D eigenvalue weighted by Crippen LogP contribution is -2.60. The third kappa shape index (κ3) is 2.20. The molecule has 1 aliphatic carbocycles. The van der Waals surface area contributed by atoms with Crippen molar-refractivity contribution in [3.8, 4) is 0 Å². The summed E-state index contributed by atoms with van der Waals surface area (Å²) < 4.78 is 5.77. The maximum absolute atomic E-state index is 11.1. The Morgan fingerprint density at radius 2 is 2.00 bits per heavy atom. The first kappa shape index (κ1) is 15.2. The minimum Gasteiger partial charge on any atom is -0.478 e. The monoisotopic (exact) mass is 282 g/mol. The van der Waals surface area contributed by atoms with Crippen LogP contribution in [0.1, 0.15) is 33.6 Å². The van der Waals surface area contributed by atoms with E-state index >= 15 is 0 Å². The molecule has 0 spiro atoms. The molecule has 0 radical (unpaired) electrons. The molecule has 2 fully saturated rings. The van der Waals surface area contributed by atoms with Crippen LogP contribution in [0.2, 0.25) is 0 Å². The second-order valence-corrected chi connectivity index (χ2v) is 6.47. The van der Waals surface area contributed by atoms with E-state index in [9.17, 15) is 15.0 Å². The number of hydrogen-bond donors (Lipinski definition) is 3. The van der Waals surface area contributed by atoms with Crippen LogP contribution >= 0.6 is 0 Å². The third-order valence-corrected chi connectivity index (χ3v) is 4.69. The molecule has 2 rings (SSSR count). The van der Waals surface area contributed by atoms with Crippen LogP contribution in [0, 0.1) is 5.41 Å². The highest BCUT2D eigenvalue weighted by Crippen LogP contribution is 2.57. The molecular weight excluding hydrogens is 260 g/mol. The maximum Gasteiger partial charge on any atom is 0.328 e. The van der Waals surface area contributed by atoms with Crippen molar-refractivity contribution in [2.75, 3.05) is 6.61 Å². The van der Waals surface area contributed by atoms with Gasteiger partial charge in [-0.2, -0.15) is 0 Å². The standard InChI is InChI=1S/C15H22O5/c1-10(6-12(17)18)4-5-15(19)13(2)7-11(16)8-14(15,3)20-9-13/h4-6,11,16,19H,7-9H2,1-3H3,(H,17,18)/b5-4+,10-6-/t11-,13+,14+,15-/m0/s1. The minimum absolute atomic E-state index is 0.366. The Hall–Kier alpha value is -1.17. The van der Waals surface area contributed by atoms with Gasteiger partial charge in [-0.25, -0.2) is 4.79 Å². The van der Waals surface area contributed by atoms with Crippen LogP contribution < -0.4 is 0 Å². The summed E-state index contributed by atoms with van der Waals surface area (Å²) in [7, 11) is 0. The van der Waals surface area contributed by atoms with E-state index in [4.69, 9.17) is 9.84 Å². The largest absolute Gasteiger partial charge is 0.478 e. The molecule has 2 aliphatic rings. The van der Waals surface area contributed by atoms with Crippen LogP contribution in [0.15, 0.2) is 23.8 Å². The Kier molecular flexibility index (Phi) is 3.57. The average Bonchev–Trinajstić information content (AvgIpc) is 2.43. The number of aliphatic hydroxyl groups excluding tert-OH is 1. The summed E-state index contributed by atoms with van der Waals surface area (Å²) in [6, 6.07) is 0. The lowest BCUT2D eigenvalue weighted by molar-refractivity contribution is -0.150. The molecule has 5 nitrogen and oxygen atoms in total. The Balaban J connectivity index is 2.34. The molecule has 1 aliphatic heterocycles. The van der Waals surface area contributed by atoms with Crippen LogP contribution in [0.25, 0.3) is 0 Å². The summed E-state index contributed by atoms with van der Waals surface area (Å²) in [4.78, 5) is 10.6. The molecule has 3 N–H and O–H groups in total. The fraction of sp³-hybridized carbons (Fsp3) is 0.667. The number of ether oxygens (including phenoxy) is 1. The SMILES string of the molecule is CC(=C/C(=O)O)/C=C/[C@]1(O)[C@@]2(C)CO[C@]1(C)C[C@@H](O)C2. The van der Waals surface area contributed by atoms with E-state index in [1.807, 2.05) is 6.92 Å². The van der Waals surface area contributed by atoms with Crippen molar-refractivity contribution < 1.29 is 24.9 Å². The first-order valence-electron chi connectivity index (χ1n) is 6.77. The van der Waals surface area contributed by atoms with Crippen LogP contribution in [0.4, 0.5) is 0 Å². The van der Waals surface area contributed by atoms with E-state index in [1.54, 1.807) is 26.0 Å². The van der Waals surface area contributed by atoms with Gasteiger partial charge in [0.2, 0.25) is 0 Å². The van der Waals surface area contributed by atoms with Crippen molar-refractivity contribution in [3.63, 3.8) is 0 Å². The van der Waals surface area contributed by atoms with Crippen LogP contribution in [-0.4, -0.2) is 45.2 Å². The summed E-state index contributed by atoms with van der Waals surface area (Å²) >= 11 is 0. The smallest absolute Gasteiger partial charge is 0.328 e. The van der Waals surface area contributed by atoms with E-state index in [2.05, 4.69) is 0 Å². The van der Waals surface area contributed by atoms with Gasteiger partial charge in [-0.05, 0) is 31.9 Å². The van der Waals surface area contributed by atoms with Gasteiger partial charge in [0, 0.05) is 17.9 Å². The number of carbonyl (C=O) groups is 1. The molecule has 20 heavy (non-hydrogen) atoms. The van der Waals surface area contributed by atoms with E-state index in [-0.39, 0.29) is 0 Å². The Morgan fingerprint density at radius 3 is 2.55 bits per heavy atom. The molecule has 1 saturated carbocycles. The average molecular weight is 282 g/mol. The highest BCUT2D eigenvalue weighted by molar-refractivity contribution is 5.81. The van der Waals surface area contributed by atoms with Crippen molar-refractivity contribution in [3.05, 3.63) is 23.8 Å². The minimum atomic E-state index is -1.22. The summed E-state index contributed by atoms with van der Waals surface area (Å²) in [6.07, 6.45) is 4.66. The molecule has 0 aromatic rings. The Labute approximate surface area is 118 Å². The normalized spacial score (nSPS) is 45.0. The van der Waals surface area contributed by atoms with Gasteiger partial charge in [-0.15, -0.1) is 0 Å². The van der Waals surface area contributed by atoms with Crippen LogP contribution in [0.3, 0.4) is 0 Å². The number of aliphatic carboxylic acids is 1. The first-order chi connectivity index (χ1) is 9.12. The van der Waals surface area contributed by atoms with Crippen molar-refractivity contribution in [2.24, 2.45) is 5.41 Å². The van der Waals surface area contributed by atoms with Crippen LogP contribution in [0.5, 0.6) is 0 Å². The summed E-state index contributed by atoms with van der Waals surface area (Å²) in [5.41, 5.74) is -2.09.